The predicted molar refractivity (Wildman–Crippen MR) is 66.1 cm³/mol. The van der Waals surface area contributed by atoms with Crippen molar-refractivity contribution < 1.29 is 0 Å². The minimum atomic E-state index is -0.361. The summed E-state index contributed by atoms with van der Waals surface area (Å²) in [6.45, 7) is 2.74. The molecule has 90 valence electrons. The van der Waals surface area contributed by atoms with Crippen molar-refractivity contribution in [1.29, 1.82) is 0 Å². The molecule has 0 radical (unpaired) electrons. The summed E-state index contributed by atoms with van der Waals surface area (Å²) in [5.74, 6) is 5.93. The van der Waals surface area contributed by atoms with E-state index in [0.717, 1.165) is 23.4 Å². The maximum atomic E-state index is 5.72. The first-order chi connectivity index (χ1) is 8.22. The number of nitrogens with two attached hydrogens (primary N) is 2. The molecule has 0 aliphatic carbocycles. The fraction of sp³-hybridized carbons (Fsp3) is 0.364. The highest BCUT2D eigenvalue weighted by molar-refractivity contribution is 5.75. The van der Waals surface area contributed by atoms with Crippen LogP contribution in [-0.2, 0) is 6.54 Å². The minimum Gasteiger partial charge on any atom is -0.328 e. The largest absolute Gasteiger partial charge is 0.328 e. The molecule has 0 saturated heterocycles. The second-order valence-corrected chi connectivity index (χ2v) is 3.89. The van der Waals surface area contributed by atoms with Crippen LogP contribution in [0.2, 0.25) is 0 Å². The fourth-order valence-electron chi connectivity index (χ4n) is 1.88. The molecule has 2 rings (SSSR count). The van der Waals surface area contributed by atoms with Gasteiger partial charge in [-0.15, -0.1) is 0 Å². The molecule has 17 heavy (non-hydrogen) atoms. The predicted octanol–water partition coefficient (Wildman–Crippen LogP) is 1.35. The van der Waals surface area contributed by atoms with E-state index in [1.807, 2.05) is 31.2 Å². The van der Waals surface area contributed by atoms with Gasteiger partial charge in [0.2, 0.25) is 0 Å². The molecule has 2 aromatic rings. The lowest BCUT2D eigenvalue weighted by molar-refractivity contribution is 0.537. The van der Waals surface area contributed by atoms with E-state index >= 15 is 0 Å². The zero-order valence-corrected chi connectivity index (χ0v) is 9.74. The molecule has 1 aromatic heterocycles. The van der Waals surface area contributed by atoms with Crippen LogP contribution in [0, 0.1) is 6.92 Å². The Labute approximate surface area is 99.3 Å². The van der Waals surface area contributed by atoms with Gasteiger partial charge >= 0.3 is 0 Å². The molecule has 0 amide bonds. The molecule has 4 N–H and O–H groups in total. The van der Waals surface area contributed by atoms with Crippen LogP contribution in [0.1, 0.15) is 12.2 Å². The number of benzene rings is 1. The minimum absolute atomic E-state index is 0.361. The second kappa shape index (κ2) is 4.92. The molecular weight excluding hydrogens is 216 g/mol. The summed E-state index contributed by atoms with van der Waals surface area (Å²) >= 11 is 0. The second-order valence-electron chi connectivity index (χ2n) is 3.89. The van der Waals surface area contributed by atoms with Crippen molar-refractivity contribution in [2.45, 2.75) is 26.1 Å². The summed E-state index contributed by atoms with van der Waals surface area (Å²) in [4.78, 5) is 4.48. The number of hydrogen-bond donors (Lipinski definition) is 2. The van der Waals surface area contributed by atoms with Gasteiger partial charge in [-0.2, -0.15) is 5.11 Å². The maximum Gasteiger partial charge on any atom is 0.122 e. The van der Waals surface area contributed by atoms with Crippen molar-refractivity contribution in [3.05, 3.63) is 30.1 Å². The Morgan fingerprint density at radius 1 is 1.41 bits per heavy atom. The van der Waals surface area contributed by atoms with E-state index in [0.29, 0.717) is 6.42 Å². The molecule has 0 fully saturated rings. The fourth-order valence-corrected chi connectivity index (χ4v) is 1.88. The zero-order chi connectivity index (χ0) is 12.3. The normalized spacial score (nSPS) is 13.5. The van der Waals surface area contributed by atoms with Gasteiger partial charge < -0.3 is 16.1 Å². The first-order valence-electron chi connectivity index (χ1n) is 5.50. The van der Waals surface area contributed by atoms with Crippen molar-refractivity contribution >= 4 is 11.0 Å². The lowest BCUT2D eigenvalue weighted by Crippen LogP contribution is -2.19. The van der Waals surface area contributed by atoms with Gasteiger partial charge in [0, 0.05) is 13.0 Å². The Hall–Kier alpha value is -1.95. The summed E-state index contributed by atoms with van der Waals surface area (Å²) in [5, 5.41) is 6.88. The van der Waals surface area contributed by atoms with Gasteiger partial charge in [-0.3, -0.25) is 0 Å². The molecule has 1 aromatic carbocycles. The molecule has 1 unspecified atom stereocenters. The van der Waals surface area contributed by atoms with Crippen molar-refractivity contribution in [2.24, 2.45) is 21.9 Å². The highest BCUT2D eigenvalue weighted by atomic mass is 15.3. The quantitative estimate of drug-likeness (QED) is 0.473. The van der Waals surface area contributed by atoms with Crippen molar-refractivity contribution in [3.8, 4) is 0 Å². The Morgan fingerprint density at radius 2 is 2.18 bits per heavy atom. The van der Waals surface area contributed by atoms with E-state index in [-0.39, 0.29) is 6.17 Å². The van der Waals surface area contributed by atoms with Gasteiger partial charge in [0.15, 0.2) is 0 Å². The topological polar surface area (TPSA) is 94.6 Å². The van der Waals surface area contributed by atoms with E-state index in [2.05, 4.69) is 19.9 Å². The molecule has 0 bridgehead atoms. The lowest BCUT2D eigenvalue weighted by Gasteiger charge is -2.08. The SMILES string of the molecule is Cc1nc2ccccc2n1CCC(N)N=NN. The third-order valence-corrected chi connectivity index (χ3v) is 2.71. The van der Waals surface area contributed by atoms with Crippen LogP contribution in [0.5, 0.6) is 0 Å². The Bertz CT molecular complexity index is 530. The molecule has 0 aliphatic rings. The first kappa shape index (κ1) is 11.5. The summed E-state index contributed by atoms with van der Waals surface area (Å²) < 4.78 is 2.13. The molecule has 1 heterocycles. The van der Waals surface area contributed by atoms with E-state index in [4.69, 9.17) is 11.6 Å². The van der Waals surface area contributed by atoms with Gasteiger partial charge in [-0.05, 0) is 19.1 Å². The number of rotatable bonds is 4. The molecule has 0 saturated carbocycles. The van der Waals surface area contributed by atoms with Gasteiger partial charge in [-0.1, -0.05) is 17.4 Å². The van der Waals surface area contributed by atoms with E-state index in [1.54, 1.807) is 0 Å². The summed E-state index contributed by atoms with van der Waals surface area (Å²) in [5.41, 5.74) is 7.83. The van der Waals surface area contributed by atoms with Crippen LogP contribution < -0.4 is 11.6 Å². The molecule has 0 aliphatic heterocycles. The van der Waals surface area contributed by atoms with Crippen LogP contribution in [0.15, 0.2) is 34.6 Å². The maximum absolute atomic E-state index is 5.72. The summed E-state index contributed by atoms with van der Waals surface area (Å²) in [6, 6.07) is 8.02. The van der Waals surface area contributed by atoms with Gasteiger partial charge in [0.1, 0.15) is 12.0 Å². The number of imidazole rings is 1. The average molecular weight is 232 g/mol. The number of para-hydroxylation sites is 2. The highest BCUT2D eigenvalue weighted by Gasteiger charge is 2.08. The number of nitrogens with zero attached hydrogens (tertiary/aromatic N) is 4. The molecule has 0 spiro atoms. The summed E-state index contributed by atoms with van der Waals surface area (Å²) in [7, 11) is 0. The monoisotopic (exact) mass is 232 g/mol. The van der Waals surface area contributed by atoms with Crippen molar-refractivity contribution in [1.82, 2.24) is 9.55 Å². The molecule has 1 atom stereocenters. The van der Waals surface area contributed by atoms with E-state index in [9.17, 15) is 0 Å². The third kappa shape index (κ3) is 2.42. The van der Waals surface area contributed by atoms with E-state index in [1.165, 1.54) is 0 Å². The highest BCUT2D eigenvalue weighted by Crippen LogP contribution is 2.16. The zero-order valence-electron chi connectivity index (χ0n) is 9.74. The first-order valence-corrected chi connectivity index (χ1v) is 5.50. The van der Waals surface area contributed by atoms with Gasteiger partial charge in [-0.25, -0.2) is 4.98 Å². The van der Waals surface area contributed by atoms with Crippen molar-refractivity contribution in [2.75, 3.05) is 0 Å². The standard InChI is InChI=1S/C11H16N6/c1-8-14-9-4-2-3-5-10(9)17(8)7-6-11(12)15-16-13/h2-5,11H,6-7,12H2,1H3,(H2,13,15). The number of fused-ring (bicyclic) bond motifs is 1. The average Bonchev–Trinajstić information content (AvgIpc) is 2.62. The smallest absolute Gasteiger partial charge is 0.122 e. The Balaban J connectivity index is 2.20. The van der Waals surface area contributed by atoms with Crippen LogP contribution in [0.25, 0.3) is 11.0 Å². The number of aryl methyl sites for hydroxylation is 2. The number of hydrogen-bond acceptors (Lipinski definition) is 4. The van der Waals surface area contributed by atoms with Crippen LogP contribution >= 0.6 is 0 Å². The van der Waals surface area contributed by atoms with Crippen LogP contribution in [-0.4, -0.2) is 15.7 Å². The molecule has 6 heteroatoms. The van der Waals surface area contributed by atoms with Crippen LogP contribution in [0.3, 0.4) is 0 Å². The van der Waals surface area contributed by atoms with Crippen molar-refractivity contribution in [3.63, 3.8) is 0 Å². The number of aromatic nitrogens is 2. The van der Waals surface area contributed by atoms with Gasteiger partial charge in [0.05, 0.1) is 11.0 Å². The summed E-state index contributed by atoms with van der Waals surface area (Å²) in [6.07, 6.45) is 0.322. The Kier molecular flexibility index (Phi) is 3.34. The lowest BCUT2D eigenvalue weighted by atomic mass is 10.3. The molecular formula is C11H16N6. The van der Waals surface area contributed by atoms with Crippen LogP contribution in [0.4, 0.5) is 0 Å². The third-order valence-electron chi connectivity index (χ3n) is 2.71. The van der Waals surface area contributed by atoms with Gasteiger partial charge in [0.25, 0.3) is 0 Å². The molecule has 6 nitrogen and oxygen atoms in total. The Morgan fingerprint density at radius 3 is 2.94 bits per heavy atom. The van der Waals surface area contributed by atoms with E-state index < -0.39 is 0 Å².